The number of rotatable bonds is 7. The molecule has 1 heterocycles. The van der Waals surface area contributed by atoms with Crippen LogP contribution in [0, 0.1) is 0 Å². The molecule has 1 aromatic rings. The molecule has 86 valence electrons. The minimum Gasteiger partial charge on any atom is -0.393 e. The lowest BCUT2D eigenvalue weighted by Crippen LogP contribution is -2.17. The number of aliphatic hydroxyl groups excluding tert-OH is 1. The van der Waals surface area contributed by atoms with Gasteiger partial charge in [-0.05, 0) is 38.4 Å². The number of hydrogen-bond acceptors (Lipinski definition) is 2. The number of hydrogen-bond donors (Lipinski definition) is 2. The zero-order chi connectivity index (χ0) is 11.1. The Balaban J connectivity index is 2.39. The maximum atomic E-state index is 9.23. The molecular formula is C12H22N2O. The first-order valence-corrected chi connectivity index (χ1v) is 5.76. The van der Waals surface area contributed by atoms with Crippen molar-refractivity contribution in [3.63, 3.8) is 0 Å². The summed E-state index contributed by atoms with van der Waals surface area (Å²) < 4.78 is 2.20. The summed E-state index contributed by atoms with van der Waals surface area (Å²) in [6.45, 7) is 6.87. The number of nitrogens with zero attached hydrogens (tertiary/aromatic N) is 1. The first-order valence-electron chi connectivity index (χ1n) is 5.76. The summed E-state index contributed by atoms with van der Waals surface area (Å²) in [5.74, 6) is 0. The van der Waals surface area contributed by atoms with Crippen LogP contribution in [-0.2, 0) is 13.1 Å². The van der Waals surface area contributed by atoms with Crippen molar-refractivity contribution in [1.82, 2.24) is 9.88 Å². The SMILES string of the molecule is CCCNCc1cccn1CCC(C)O. The number of aryl methyl sites for hydroxylation is 1. The largest absolute Gasteiger partial charge is 0.393 e. The van der Waals surface area contributed by atoms with E-state index < -0.39 is 0 Å². The monoisotopic (exact) mass is 210 g/mol. The van der Waals surface area contributed by atoms with Gasteiger partial charge in [-0.1, -0.05) is 6.92 Å². The fraction of sp³-hybridized carbons (Fsp3) is 0.667. The Kier molecular flexibility index (Phi) is 5.43. The molecule has 1 rings (SSSR count). The van der Waals surface area contributed by atoms with Crippen molar-refractivity contribution in [2.45, 2.75) is 45.9 Å². The van der Waals surface area contributed by atoms with E-state index in [-0.39, 0.29) is 6.10 Å². The average Bonchev–Trinajstić information content (AvgIpc) is 2.63. The van der Waals surface area contributed by atoms with Gasteiger partial charge < -0.3 is 15.0 Å². The van der Waals surface area contributed by atoms with Gasteiger partial charge >= 0.3 is 0 Å². The highest BCUT2D eigenvalue weighted by atomic mass is 16.3. The predicted molar refractivity (Wildman–Crippen MR) is 62.7 cm³/mol. The summed E-state index contributed by atoms with van der Waals surface area (Å²) in [6.07, 6.45) is 3.83. The summed E-state index contributed by atoms with van der Waals surface area (Å²) in [4.78, 5) is 0. The first kappa shape index (κ1) is 12.3. The Labute approximate surface area is 92.1 Å². The molecule has 0 aromatic carbocycles. The van der Waals surface area contributed by atoms with Gasteiger partial charge in [-0.15, -0.1) is 0 Å². The van der Waals surface area contributed by atoms with Crippen LogP contribution in [0.4, 0.5) is 0 Å². The van der Waals surface area contributed by atoms with Crippen LogP contribution in [-0.4, -0.2) is 22.3 Å². The third-order valence-corrected chi connectivity index (χ3v) is 2.44. The molecule has 0 radical (unpaired) electrons. The summed E-state index contributed by atoms with van der Waals surface area (Å²) in [5, 5.41) is 12.6. The molecule has 1 atom stereocenters. The van der Waals surface area contributed by atoms with Crippen LogP contribution >= 0.6 is 0 Å². The minimum absolute atomic E-state index is 0.219. The molecule has 1 aromatic heterocycles. The highest BCUT2D eigenvalue weighted by molar-refractivity contribution is 5.06. The molecule has 0 aliphatic rings. The molecule has 0 saturated carbocycles. The van der Waals surface area contributed by atoms with E-state index in [1.54, 1.807) is 0 Å². The summed E-state index contributed by atoms with van der Waals surface area (Å²) in [7, 11) is 0. The molecule has 0 amide bonds. The van der Waals surface area contributed by atoms with E-state index in [1.165, 1.54) is 5.69 Å². The lowest BCUT2D eigenvalue weighted by atomic mass is 10.3. The van der Waals surface area contributed by atoms with Gasteiger partial charge in [0, 0.05) is 25.0 Å². The Morgan fingerprint density at radius 2 is 2.33 bits per heavy atom. The molecule has 0 bridgehead atoms. The van der Waals surface area contributed by atoms with Crippen molar-refractivity contribution >= 4 is 0 Å². The van der Waals surface area contributed by atoms with E-state index in [2.05, 4.69) is 35.1 Å². The minimum atomic E-state index is -0.219. The van der Waals surface area contributed by atoms with Crippen LogP contribution in [0.25, 0.3) is 0 Å². The Morgan fingerprint density at radius 3 is 3.00 bits per heavy atom. The highest BCUT2D eigenvalue weighted by Gasteiger charge is 2.01. The second kappa shape index (κ2) is 6.64. The van der Waals surface area contributed by atoms with Gasteiger partial charge in [0.25, 0.3) is 0 Å². The van der Waals surface area contributed by atoms with Crippen LogP contribution in [0.2, 0.25) is 0 Å². The number of aromatic nitrogens is 1. The van der Waals surface area contributed by atoms with Gasteiger partial charge in [0.1, 0.15) is 0 Å². The third kappa shape index (κ3) is 4.49. The predicted octanol–water partition coefficient (Wildman–Crippen LogP) is 1.76. The second-order valence-electron chi connectivity index (χ2n) is 4.01. The molecular weight excluding hydrogens is 188 g/mol. The number of aliphatic hydroxyl groups is 1. The van der Waals surface area contributed by atoms with Gasteiger partial charge in [0.15, 0.2) is 0 Å². The van der Waals surface area contributed by atoms with Gasteiger partial charge in [0.05, 0.1) is 6.10 Å². The lowest BCUT2D eigenvalue weighted by molar-refractivity contribution is 0.177. The van der Waals surface area contributed by atoms with Crippen molar-refractivity contribution in [3.05, 3.63) is 24.0 Å². The van der Waals surface area contributed by atoms with Gasteiger partial charge in [-0.3, -0.25) is 0 Å². The van der Waals surface area contributed by atoms with Crippen LogP contribution in [0.1, 0.15) is 32.4 Å². The zero-order valence-corrected chi connectivity index (χ0v) is 9.74. The molecule has 0 fully saturated rings. The topological polar surface area (TPSA) is 37.2 Å². The lowest BCUT2D eigenvalue weighted by Gasteiger charge is -2.11. The van der Waals surface area contributed by atoms with Crippen molar-refractivity contribution in [2.24, 2.45) is 0 Å². The summed E-state index contributed by atoms with van der Waals surface area (Å²) in [5.41, 5.74) is 1.30. The van der Waals surface area contributed by atoms with Crippen molar-refractivity contribution < 1.29 is 5.11 Å². The van der Waals surface area contributed by atoms with Crippen molar-refractivity contribution in [3.8, 4) is 0 Å². The van der Waals surface area contributed by atoms with E-state index in [4.69, 9.17) is 0 Å². The van der Waals surface area contributed by atoms with Crippen LogP contribution < -0.4 is 5.32 Å². The Morgan fingerprint density at radius 1 is 1.53 bits per heavy atom. The molecule has 15 heavy (non-hydrogen) atoms. The van der Waals surface area contributed by atoms with Gasteiger partial charge in [0.2, 0.25) is 0 Å². The zero-order valence-electron chi connectivity index (χ0n) is 9.74. The van der Waals surface area contributed by atoms with Crippen molar-refractivity contribution in [1.29, 1.82) is 0 Å². The van der Waals surface area contributed by atoms with E-state index in [0.29, 0.717) is 0 Å². The number of nitrogens with one attached hydrogen (secondary N) is 1. The van der Waals surface area contributed by atoms with Crippen LogP contribution in [0.5, 0.6) is 0 Å². The molecule has 1 unspecified atom stereocenters. The van der Waals surface area contributed by atoms with Crippen LogP contribution in [0.15, 0.2) is 18.3 Å². The van der Waals surface area contributed by atoms with Gasteiger partial charge in [-0.25, -0.2) is 0 Å². The van der Waals surface area contributed by atoms with Crippen molar-refractivity contribution in [2.75, 3.05) is 6.54 Å². The molecule has 3 heteroatoms. The van der Waals surface area contributed by atoms with E-state index >= 15 is 0 Å². The normalized spacial score (nSPS) is 13.0. The first-order chi connectivity index (χ1) is 7.24. The molecule has 0 spiro atoms. The molecule has 0 aliphatic heterocycles. The van der Waals surface area contributed by atoms with E-state index in [9.17, 15) is 5.11 Å². The second-order valence-corrected chi connectivity index (χ2v) is 4.01. The fourth-order valence-electron chi connectivity index (χ4n) is 1.55. The molecule has 0 saturated heterocycles. The molecule has 3 nitrogen and oxygen atoms in total. The van der Waals surface area contributed by atoms with E-state index in [1.807, 2.05) is 6.92 Å². The standard InChI is InChI=1S/C12H22N2O/c1-3-7-13-10-12-5-4-8-14(12)9-6-11(2)15/h4-5,8,11,13,15H,3,6-7,9-10H2,1-2H3. The maximum absolute atomic E-state index is 9.23. The van der Waals surface area contributed by atoms with E-state index in [0.717, 1.165) is 32.5 Å². The molecule has 0 aliphatic carbocycles. The molecule has 2 N–H and O–H groups in total. The Hall–Kier alpha value is -0.800. The van der Waals surface area contributed by atoms with Crippen LogP contribution in [0.3, 0.4) is 0 Å². The summed E-state index contributed by atoms with van der Waals surface area (Å²) >= 11 is 0. The average molecular weight is 210 g/mol. The summed E-state index contributed by atoms with van der Waals surface area (Å²) in [6, 6.07) is 4.19. The Bertz CT molecular complexity index is 268. The highest BCUT2D eigenvalue weighted by Crippen LogP contribution is 2.04. The fourth-order valence-corrected chi connectivity index (χ4v) is 1.55. The smallest absolute Gasteiger partial charge is 0.0529 e. The van der Waals surface area contributed by atoms with Gasteiger partial charge in [-0.2, -0.15) is 0 Å². The third-order valence-electron chi connectivity index (χ3n) is 2.44. The maximum Gasteiger partial charge on any atom is 0.0529 e. The quantitative estimate of drug-likeness (QED) is 0.673.